The van der Waals surface area contributed by atoms with Crippen LogP contribution in [0.1, 0.15) is 26.3 Å². The fourth-order valence-electron chi connectivity index (χ4n) is 2.28. The quantitative estimate of drug-likeness (QED) is 0.630. The van der Waals surface area contributed by atoms with Crippen molar-refractivity contribution < 1.29 is 9.13 Å². The van der Waals surface area contributed by atoms with Crippen molar-refractivity contribution in [2.24, 2.45) is 0 Å². The lowest BCUT2D eigenvalue weighted by Crippen LogP contribution is -2.16. The number of hydrogen-bond donors (Lipinski definition) is 1. The van der Waals surface area contributed by atoms with Gasteiger partial charge in [0.15, 0.2) is 11.6 Å². The summed E-state index contributed by atoms with van der Waals surface area (Å²) in [7, 11) is 1.46. The van der Waals surface area contributed by atoms with Crippen molar-refractivity contribution >= 4 is 11.0 Å². The number of nitrogens with one attached hydrogen (secondary N) is 1. The first-order chi connectivity index (χ1) is 11.5. The standard InChI is InChI=1S/C19H22FN3O/c1-5-16(19(24-4)15(20)10-13(2)3)23-12-14-6-7-17-18(11-14)22-9-8-21-17/h5-11,23H,12H2,1-4H3/b16-5+,19-15-. The Morgan fingerprint density at radius 1 is 1.21 bits per heavy atom. The van der Waals surface area contributed by atoms with Gasteiger partial charge in [-0.3, -0.25) is 9.97 Å². The maximum absolute atomic E-state index is 14.3. The number of nitrogens with zero attached hydrogens (tertiary/aromatic N) is 2. The number of fused-ring (bicyclic) bond motifs is 1. The van der Waals surface area contributed by atoms with Gasteiger partial charge in [-0.05, 0) is 44.5 Å². The van der Waals surface area contributed by atoms with E-state index in [1.54, 1.807) is 18.5 Å². The van der Waals surface area contributed by atoms with Crippen molar-refractivity contribution in [3.05, 3.63) is 71.2 Å². The molecule has 4 nitrogen and oxygen atoms in total. The monoisotopic (exact) mass is 327 g/mol. The molecule has 24 heavy (non-hydrogen) atoms. The molecule has 0 aliphatic carbocycles. The zero-order chi connectivity index (χ0) is 17.5. The Balaban J connectivity index is 2.19. The van der Waals surface area contributed by atoms with Gasteiger partial charge >= 0.3 is 0 Å². The van der Waals surface area contributed by atoms with Crippen molar-refractivity contribution in [1.29, 1.82) is 0 Å². The summed E-state index contributed by atoms with van der Waals surface area (Å²) in [6.07, 6.45) is 6.57. The van der Waals surface area contributed by atoms with Gasteiger partial charge in [-0.15, -0.1) is 0 Å². The molecular weight excluding hydrogens is 305 g/mol. The second-order valence-corrected chi connectivity index (χ2v) is 5.54. The summed E-state index contributed by atoms with van der Waals surface area (Å²) in [5.74, 6) is -0.207. The zero-order valence-corrected chi connectivity index (χ0v) is 14.4. The van der Waals surface area contributed by atoms with Gasteiger partial charge in [-0.2, -0.15) is 0 Å². The van der Waals surface area contributed by atoms with Crippen LogP contribution in [0.15, 0.2) is 65.6 Å². The molecule has 0 atom stereocenters. The van der Waals surface area contributed by atoms with Crippen molar-refractivity contribution in [2.45, 2.75) is 27.3 Å². The minimum absolute atomic E-state index is 0.194. The van der Waals surface area contributed by atoms with E-state index in [0.717, 1.165) is 22.2 Å². The Bertz CT molecular complexity index is 805. The first-order valence-corrected chi connectivity index (χ1v) is 7.74. The summed E-state index contributed by atoms with van der Waals surface area (Å²) in [4.78, 5) is 8.54. The smallest absolute Gasteiger partial charge is 0.177 e. The Labute approximate surface area is 141 Å². The van der Waals surface area contributed by atoms with E-state index in [9.17, 15) is 4.39 Å². The van der Waals surface area contributed by atoms with Crippen LogP contribution in [0.4, 0.5) is 4.39 Å². The highest BCUT2D eigenvalue weighted by Crippen LogP contribution is 2.18. The Morgan fingerprint density at radius 2 is 1.92 bits per heavy atom. The van der Waals surface area contributed by atoms with Crippen LogP contribution < -0.4 is 5.32 Å². The van der Waals surface area contributed by atoms with Crippen LogP contribution in [0.2, 0.25) is 0 Å². The highest BCUT2D eigenvalue weighted by molar-refractivity contribution is 5.74. The van der Waals surface area contributed by atoms with E-state index in [0.29, 0.717) is 12.2 Å². The predicted octanol–water partition coefficient (Wildman–Crippen LogP) is 4.42. The molecule has 0 radical (unpaired) electrons. The van der Waals surface area contributed by atoms with Gasteiger partial charge in [-0.1, -0.05) is 17.7 Å². The molecule has 0 fully saturated rings. The van der Waals surface area contributed by atoms with Gasteiger partial charge in [0.05, 0.1) is 23.8 Å². The van der Waals surface area contributed by atoms with Crippen molar-refractivity contribution in [3.8, 4) is 0 Å². The van der Waals surface area contributed by atoms with E-state index in [1.807, 2.05) is 39.0 Å². The number of rotatable bonds is 6. The molecule has 0 spiro atoms. The van der Waals surface area contributed by atoms with Crippen molar-refractivity contribution in [1.82, 2.24) is 15.3 Å². The van der Waals surface area contributed by atoms with Crippen molar-refractivity contribution in [3.63, 3.8) is 0 Å². The van der Waals surface area contributed by atoms with Crippen LogP contribution in [0, 0.1) is 0 Å². The van der Waals surface area contributed by atoms with E-state index < -0.39 is 5.83 Å². The first-order valence-electron chi connectivity index (χ1n) is 7.74. The van der Waals surface area contributed by atoms with Crippen LogP contribution in [0.25, 0.3) is 11.0 Å². The largest absolute Gasteiger partial charge is 0.492 e. The second kappa shape index (κ2) is 8.24. The number of methoxy groups -OCH3 is 1. The third kappa shape index (κ3) is 4.41. The van der Waals surface area contributed by atoms with Crippen molar-refractivity contribution in [2.75, 3.05) is 7.11 Å². The number of hydrogen-bond acceptors (Lipinski definition) is 4. The van der Waals surface area contributed by atoms with Gasteiger partial charge in [0.1, 0.15) is 0 Å². The van der Waals surface area contributed by atoms with Gasteiger partial charge in [0.25, 0.3) is 0 Å². The molecule has 0 aliphatic heterocycles. The lowest BCUT2D eigenvalue weighted by molar-refractivity contribution is 0.281. The number of benzene rings is 1. The van der Waals surface area contributed by atoms with Crippen LogP contribution in [0.3, 0.4) is 0 Å². The third-order valence-corrected chi connectivity index (χ3v) is 3.39. The average Bonchev–Trinajstić information content (AvgIpc) is 2.57. The van der Waals surface area contributed by atoms with Gasteiger partial charge < -0.3 is 10.1 Å². The highest BCUT2D eigenvalue weighted by Gasteiger charge is 2.11. The van der Waals surface area contributed by atoms with Crippen LogP contribution in [0.5, 0.6) is 0 Å². The van der Waals surface area contributed by atoms with E-state index in [2.05, 4.69) is 15.3 Å². The molecule has 5 heteroatoms. The molecular formula is C19H22FN3O. The molecule has 2 rings (SSSR count). The molecule has 126 valence electrons. The fraction of sp³-hybridized carbons (Fsp3) is 0.263. The summed E-state index contributed by atoms with van der Waals surface area (Å²) >= 11 is 0. The second-order valence-electron chi connectivity index (χ2n) is 5.54. The summed E-state index contributed by atoms with van der Waals surface area (Å²) in [6.45, 7) is 6.04. The van der Waals surface area contributed by atoms with E-state index in [-0.39, 0.29) is 5.76 Å². The van der Waals surface area contributed by atoms with Gasteiger partial charge in [0.2, 0.25) is 0 Å². The maximum atomic E-state index is 14.3. The molecule has 0 saturated heterocycles. The summed E-state index contributed by atoms with van der Waals surface area (Å²) in [6, 6.07) is 5.86. The fourth-order valence-corrected chi connectivity index (χ4v) is 2.28. The summed E-state index contributed by atoms with van der Waals surface area (Å²) in [5, 5.41) is 3.22. The molecule has 0 saturated carbocycles. The van der Waals surface area contributed by atoms with Gasteiger partial charge in [-0.25, -0.2) is 4.39 Å². The van der Waals surface area contributed by atoms with Crippen LogP contribution in [-0.2, 0) is 11.3 Å². The van der Waals surface area contributed by atoms with E-state index in [4.69, 9.17) is 4.74 Å². The molecule has 2 aromatic rings. The third-order valence-electron chi connectivity index (χ3n) is 3.39. The SMILES string of the molecule is C/C=C(NCc1ccc2nccnc2c1)\C(OC)=C(\F)C=C(C)C. The lowest BCUT2D eigenvalue weighted by Gasteiger charge is -2.14. The average molecular weight is 327 g/mol. The first kappa shape index (κ1) is 17.7. The Morgan fingerprint density at radius 3 is 2.54 bits per heavy atom. The number of aromatic nitrogens is 2. The van der Waals surface area contributed by atoms with Crippen LogP contribution in [-0.4, -0.2) is 17.1 Å². The minimum atomic E-state index is -0.400. The minimum Gasteiger partial charge on any atom is -0.492 e. The molecule has 1 aromatic carbocycles. The molecule has 1 heterocycles. The summed E-state index contributed by atoms with van der Waals surface area (Å²) in [5.41, 5.74) is 4.18. The molecule has 0 bridgehead atoms. The van der Waals surface area contributed by atoms with E-state index >= 15 is 0 Å². The maximum Gasteiger partial charge on any atom is 0.177 e. The number of allylic oxidation sites excluding steroid dienone is 4. The topological polar surface area (TPSA) is 47.0 Å². The number of ether oxygens (including phenoxy) is 1. The molecule has 0 amide bonds. The Kier molecular flexibility index (Phi) is 6.07. The molecule has 1 aromatic heterocycles. The molecule has 0 unspecified atom stereocenters. The van der Waals surface area contributed by atoms with Gasteiger partial charge in [0, 0.05) is 18.9 Å². The lowest BCUT2D eigenvalue weighted by atomic mass is 10.2. The van der Waals surface area contributed by atoms with Crippen LogP contribution >= 0.6 is 0 Å². The molecule has 0 aliphatic rings. The predicted molar refractivity (Wildman–Crippen MR) is 94.7 cm³/mol. The summed E-state index contributed by atoms with van der Waals surface area (Å²) < 4.78 is 19.5. The number of halogens is 1. The zero-order valence-electron chi connectivity index (χ0n) is 14.4. The molecule has 1 N–H and O–H groups in total. The highest BCUT2D eigenvalue weighted by atomic mass is 19.1. The van der Waals surface area contributed by atoms with E-state index in [1.165, 1.54) is 13.2 Å². The Hall–Kier alpha value is -2.69. The normalized spacial score (nSPS) is 12.6.